The van der Waals surface area contributed by atoms with E-state index in [1.807, 2.05) is 19.9 Å². The monoisotopic (exact) mass is 379 g/mol. The quantitative estimate of drug-likeness (QED) is 0.609. The smallest absolute Gasteiger partial charge is 0.145 e. The van der Waals surface area contributed by atoms with Gasteiger partial charge in [0.1, 0.15) is 34.9 Å². The molecule has 0 bridgehead atoms. The predicted molar refractivity (Wildman–Crippen MR) is 106 cm³/mol. The highest BCUT2D eigenvalue weighted by molar-refractivity contribution is 5.56. The minimum Gasteiger partial charge on any atom is -0.382 e. The van der Waals surface area contributed by atoms with Gasteiger partial charge in [0.25, 0.3) is 0 Å². The second-order valence-corrected chi connectivity index (χ2v) is 6.69. The van der Waals surface area contributed by atoms with Crippen molar-refractivity contribution in [3.05, 3.63) is 59.4 Å². The van der Waals surface area contributed by atoms with Crippen molar-refractivity contribution < 1.29 is 4.39 Å². The number of nitrogens with zero attached hydrogens (tertiary/aromatic N) is 5. The van der Waals surface area contributed by atoms with Gasteiger partial charge < -0.3 is 11.1 Å². The summed E-state index contributed by atoms with van der Waals surface area (Å²) < 4.78 is 14.6. The van der Waals surface area contributed by atoms with E-state index in [1.54, 1.807) is 18.3 Å². The molecule has 8 heteroatoms. The van der Waals surface area contributed by atoms with Crippen LogP contribution in [0.25, 0.3) is 5.69 Å². The molecular formula is C20H22FN7. The molecule has 2 heterocycles. The van der Waals surface area contributed by atoms with E-state index in [0.717, 1.165) is 18.1 Å². The number of nitrogens with two attached hydrogens (primary N) is 1. The molecular weight excluding hydrogens is 357 g/mol. The van der Waals surface area contributed by atoms with E-state index in [4.69, 9.17) is 5.73 Å². The van der Waals surface area contributed by atoms with Crippen molar-refractivity contribution in [3.63, 3.8) is 0 Å². The zero-order valence-corrected chi connectivity index (χ0v) is 15.9. The maximum absolute atomic E-state index is 13.1. The third-order valence-electron chi connectivity index (χ3n) is 4.26. The van der Waals surface area contributed by atoms with Gasteiger partial charge in [0.15, 0.2) is 0 Å². The second kappa shape index (κ2) is 8.48. The fourth-order valence-corrected chi connectivity index (χ4v) is 2.78. The van der Waals surface area contributed by atoms with Crippen LogP contribution < -0.4 is 11.1 Å². The van der Waals surface area contributed by atoms with E-state index in [2.05, 4.69) is 26.5 Å². The van der Waals surface area contributed by atoms with Crippen LogP contribution >= 0.6 is 0 Å². The zero-order valence-electron chi connectivity index (χ0n) is 15.9. The zero-order chi connectivity index (χ0) is 20.1. The van der Waals surface area contributed by atoms with E-state index in [9.17, 15) is 9.65 Å². The Hall–Kier alpha value is -3.47. The first kappa shape index (κ1) is 19.3. The Morgan fingerprint density at radius 3 is 2.68 bits per heavy atom. The Balaban J connectivity index is 1.66. The average Bonchev–Trinajstić information content (AvgIpc) is 3.01. The summed E-state index contributed by atoms with van der Waals surface area (Å²) in [5.74, 6) is 1.75. The van der Waals surface area contributed by atoms with Crippen LogP contribution in [-0.2, 0) is 6.42 Å². The van der Waals surface area contributed by atoms with Crippen molar-refractivity contribution in [1.29, 1.82) is 5.26 Å². The molecule has 7 nitrogen and oxygen atoms in total. The molecule has 0 aliphatic heterocycles. The van der Waals surface area contributed by atoms with Crippen LogP contribution in [0.1, 0.15) is 43.3 Å². The summed E-state index contributed by atoms with van der Waals surface area (Å²) >= 11 is 0. The standard InChI is InChI=1S/C20H22FN7/c1-13(2)20-25-11-9-18(26-20)24-10-3-4-17-16(12-22)19(23)28(27-17)15-7-5-14(21)6-8-15/h5-9,11,13H,3-4,10,23H2,1-2H3,(H,24,25,26). The van der Waals surface area contributed by atoms with E-state index in [-0.39, 0.29) is 17.6 Å². The number of nitrogens with one attached hydrogen (secondary N) is 1. The lowest BCUT2D eigenvalue weighted by atomic mass is 10.1. The number of nitriles is 1. The minimum absolute atomic E-state index is 0.259. The summed E-state index contributed by atoms with van der Waals surface area (Å²) in [5.41, 5.74) is 7.67. The van der Waals surface area contributed by atoms with Crippen molar-refractivity contribution in [1.82, 2.24) is 19.7 Å². The Labute approximate surface area is 163 Å². The van der Waals surface area contributed by atoms with Crippen LogP contribution in [0.5, 0.6) is 0 Å². The van der Waals surface area contributed by atoms with E-state index in [0.29, 0.717) is 29.9 Å². The lowest BCUT2D eigenvalue weighted by Gasteiger charge is -2.08. The summed E-state index contributed by atoms with van der Waals surface area (Å²) in [6.45, 7) is 4.76. The molecule has 2 aromatic heterocycles. The molecule has 0 amide bonds. The summed E-state index contributed by atoms with van der Waals surface area (Å²) in [5, 5.41) is 17.2. The van der Waals surface area contributed by atoms with Crippen molar-refractivity contribution in [2.24, 2.45) is 0 Å². The number of hydrogen-bond donors (Lipinski definition) is 2. The number of rotatable bonds is 7. The molecule has 3 aromatic rings. The van der Waals surface area contributed by atoms with Crippen LogP contribution in [0.15, 0.2) is 36.5 Å². The summed E-state index contributed by atoms with van der Waals surface area (Å²) in [4.78, 5) is 8.72. The molecule has 0 atom stereocenters. The number of aryl methyl sites for hydroxylation is 1. The van der Waals surface area contributed by atoms with E-state index >= 15 is 0 Å². The number of anilines is 2. The number of hydrogen-bond acceptors (Lipinski definition) is 6. The van der Waals surface area contributed by atoms with Gasteiger partial charge in [-0.05, 0) is 43.2 Å². The highest BCUT2D eigenvalue weighted by Gasteiger charge is 2.16. The molecule has 3 rings (SSSR count). The SMILES string of the molecule is CC(C)c1nccc(NCCCc2nn(-c3ccc(F)cc3)c(N)c2C#N)n1. The molecule has 3 N–H and O–H groups in total. The van der Waals surface area contributed by atoms with Crippen molar-refractivity contribution in [2.45, 2.75) is 32.6 Å². The summed E-state index contributed by atoms with van der Waals surface area (Å²) in [7, 11) is 0. The molecule has 0 spiro atoms. The predicted octanol–water partition coefficient (Wildman–Crippen LogP) is 3.42. The van der Waals surface area contributed by atoms with Gasteiger partial charge in [-0.25, -0.2) is 19.0 Å². The molecule has 0 fully saturated rings. The number of aromatic nitrogens is 4. The first-order valence-electron chi connectivity index (χ1n) is 9.09. The first-order chi connectivity index (χ1) is 13.5. The Morgan fingerprint density at radius 1 is 1.25 bits per heavy atom. The topological polar surface area (TPSA) is 105 Å². The van der Waals surface area contributed by atoms with Gasteiger partial charge in [-0.1, -0.05) is 13.8 Å². The molecule has 0 saturated heterocycles. The van der Waals surface area contributed by atoms with Crippen LogP contribution in [0.2, 0.25) is 0 Å². The average molecular weight is 379 g/mol. The van der Waals surface area contributed by atoms with Crippen molar-refractivity contribution in [2.75, 3.05) is 17.6 Å². The molecule has 144 valence electrons. The Kier molecular flexibility index (Phi) is 5.84. The highest BCUT2D eigenvalue weighted by Crippen LogP contribution is 2.22. The number of benzene rings is 1. The normalized spacial score (nSPS) is 10.8. The number of halogens is 1. The Morgan fingerprint density at radius 2 is 2.00 bits per heavy atom. The molecule has 28 heavy (non-hydrogen) atoms. The van der Waals surface area contributed by atoms with E-state index < -0.39 is 0 Å². The van der Waals surface area contributed by atoms with Gasteiger partial charge >= 0.3 is 0 Å². The fraction of sp³-hybridized carbons (Fsp3) is 0.300. The van der Waals surface area contributed by atoms with Gasteiger partial charge in [0.2, 0.25) is 0 Å². The fourth-order valence-electron chi connectivity index (χ4n) is 2.78. The maximum Gasteiger partial charge on any atom is 0.145 e. The van der Waals surface area contributed by atoms with Gasteiger partial charge in [0, 0.05) is 18.7 Å². The third kappa shape index (κ3) is 4.26. The lowest BCUT2D eigenvalue weighted by Crippen LogP contribution is -2.07. The minimum atomic E-state index is -0.341. The van der Waals surface area contributed by atoms with Crippen molar-refractivity contribution >= 4 is 11.6 Å². The lowest BCUT2D eigenvalue weighted by molar-refractivity contribution is 0.627. The first-order valence-corrected chi connectivity index (χ1v) is 9.09. The molecule has 0 aliphatic carbocycles. The van der Waals surface area contributed by atoms with Crippen molar-refractivity contribution in [3.8, 4) is 11.8 Å². The highest BCUT2D eigenvalue weighted by atomic mass is 19.1. The van der Waals surface area contributed by atoms with Gasteiger partial charge in [0.05, 0.1) is 11.4 Å². The van der Waals surface area contributed by atoms with Gasteiger partial charge in [-0.15, -0.1) is 0 Å². The van der Waals surface area contributed by atoms with Crippen LogP contribution in [-0.4, -0.2) is 26.3 Å². The molecule has 1 aromatic carbocycles. The Bertz CT molecular complexity index is 987. The molecule has 0 aliphatic rings. The maximum atomic E-state index is 13.1. The molecule has 0 saturated carbocycles. The van der Waals surface area contributed by atoms with Crippen LogP contribution in [0.3, 0.4) is 0 Å². The largest absolute Gasteiger partial charge is 0.382 e. The second-order valence-electron chi connectivity index (χ2n) is 6.69. The van der Waals surface area contributed by atoms with Crippen LogP contribution in [0, 0.1) is 17.1 Å². The van der Waals surface area contributed by atoms with Gasteiger partial charge in [-0.3, -0.25) is 0 Å². The van der Waals surface area contributed by atoms with Crippen LogP contribution in [0.4, 0.5) is 16.0 Å². The van der Waals surface area contributed by atoms with E-state index in [1.165, 1.54) is 16.8 Å². The molecule has 0 unspecified atom stereocenters. The molecule has 0 radical (unpaired) electrons. The summed E-state index contributed by atoms with van der Waals surface area (Å²) in [6, 6.07) is 9.76. The number of nitrogen functional groups attached to an aromatic ring is 1. The van der Waals surface area contributed by atoms with Gasteiger partial charge in [-0.2, -0.15) is 10.4 Å². The summed E-state index contributed by atoms with van der Waals surface area (Å²) in [6.07, 6.45) is 3.06. The third-order valence-corrected chi connectivity index (χ3v) is 4.26.